The minimum atomic E-state index is -4.59. The van der Waals surface area contributed by atoms with Gasteiger partial charge in [0.25, 0.3) is 0 Å². The second kappa shape index (κ2) is 9.96. The predicted molar refractivity (Wildman–Crippen MR) is 112 cm³/mol. The van der Waals surface area contributed by atoms with Crippen LogP contribution in [0.4, 0.5) is 18.9 Å². The maximum atomic E-state index is 13.4. The van der Waals surface area contributed by atoms with Gasteiger partial charge in [-0.05, 0) is 50.6 Å². The van der Waals surface area contributed by atoms with Crippen molar-refractivity contribution >= 4 is 17.5 Å². The number of benzene rings is 2. The van der Waals surface area contributed by atoms with Crippen LogP contribution in [0.5, 0.6) is 0 Å². The summed E-state index contributed by atoms with van der Waals surface area (Å²) in [7, 11) is 0. The van der Waals surface area contributed by atoms with Crippen molar-refractivity contribution in [2.24, 2.45) is 0 Å². The topological polar surface area (TPSA) is 52.7 Å². The molecule has 1 unspecified atom stereocenters. The zero-order valence-corrected chi connectivity index (χ0v) is 17.4. The highest BCUT2D eigenvalue weighted by atomic mass is 19.4. The zero-order chi connectivity index (χ0) is 22.4. The summed E-state index contributed by atoms with van der Waals surface area (Å²) < 4.78 is 39.6. The Morgan fingerprint density at radius 3 is 2.26 bits per heavy atom. The summed E-state index contributed by atoms with van der Waals surface area (Å²) in [6.07, 6.45) is -2.59. The normalized spacial score (nSPS) is 15.5. The van der Waals surface area contributed by atoms with E-state index in [4.69, 9.17) is 0 Å². The zero-order valence-electron chi connectivity index (χ0n) is 17.4. The highest BCUT2D eigenvalue weighted by Crippen LogP contribution is 2.34. The lowest BCUT2D eigenvalue weighted by Crippen LogP contribution is -2.45. The van der Waals surface area contributed by atoms with Gasteiger partial charge >= 0.3 is 6.18 Å². The van der Waals surface area contributed by atoms with Crippen LogP contribution in [-0.2, 0) is 15.8 Å². The number of halogens is 3. The van der Waals surface area contributed by atoms with E-state index in [9.17, 15) is 22.8 Å². The maximum absolute atomic E-state index is 13.4. The molecule has 166 valence electrons. The number of anilines is 1. The maximum Gasteiger partial charge on any atom is 0.418 e. The van der Waals surface area contributed by atoms with Gasteiger partial charge in [0, 0.05) is 6.54 Å². The number of alkyl halides is 3. The molecule has 2 aromatic rings. The first-order valence-corrected chi connectivity index (χ1v) is 10.3. The summed E-state index contributed by atoms with van der Waals surface area (Å²) in [5, 5.41) is 2.32. The Bertz CT molecular complexity index is 896. The molecule has 2 amide bonds. The SMILES string of the molecule is CCN(CC(=O)Nc1ccccc1C(F)(F)F)C(=O)C(c1ccccc1)N1CCCC1. The first-order valence-electron chi connectivity index (χ1n) is 10.3. The molecule has 2 aromatic carbocycles. The standard InChI is InChI=1S/C23H26F3N3O2/c1-2-28(16-20(30)27-19-13-7-6-12-18(19)23(24,25)26)22(31)21(29-14-8-9-15-29)17-10-4-3-5-11-17/h3-7,10-13,21H,2,8-9,14-16H2,1H3,(H,27,30). The molecule has 31 heavy (non-hydrogen) atoms. The number of carbonyl (C=O) groups excluding carboxylic acids is 2. The molecule has 1 aliphatic heterocycles. The fraction of sp³-hybridized carbons (Fsp3) is 0.391. The van der Waals surface area contributed by atoms with Crippen LogP contribution in [0.2, 0.25) is 0 Å². The minimum absolute atomic E-state index is 0.227. The van der Waals surface area contributed by atoms with Crippen LogP contribution in [0.3, 0.4) is 0 Å². The smallest absolute Gasteiger partial charge is 0.332 e. The summed E-state index contributed by atoms with van der Waals surface area (Å²) in [5.41, 5.74) is -0.393. The number of hydrogen-bond acceptors (Lipinski definition) is 3. The highest BCUT2D eigenvalue weighted by Gasteiger charge is 2.35. The van der Waals surface area contributed by atoms with E-state index in [1.807, 2.05) is 30.3 Å². The summed E-state index contributed by atoms with van der Waals surface area (Å²) in [6.45, 7) is 3.27. The number of likely N-dealkylation sites (tertiary alicyclic amines) is 1. The number of nitrogens with zero attached hydrogens (tertiary/aromatic N) is 2. The van der Waals surface area contributed by atoms with Gasteiger partial charge in [-0.1, -0.05) is 42.5 Å². The van der Waals surface area contributed by atoms with Crippen molar-refractivity contribution < 1.29 is 22.8 Å². The number of nitrogens with one attached hydrogen (secondary N) is 1. The van der Waals surface area contributed by atoms with Crippen LogP contribution < -0.4 is 5.32 Å². The average molecular weight is 433 g/mol. The Balaban J connectivity index is 1.76. The van der Waals surface area contributed by atoms with Crippen molar-refractivity contribution in [2.75, 3.05) is 31.5 Å². The molecule has 1 saturated heterocycles. The molecule has 1 N–H and O–H groups in total. The summed E-state index contributed by atoms with van der Waals surface area (Å²) >= 11 is 0. The van der Waals surface area contributed by atoms with E-state index < -0.39 is 23.7 Å². The summed E-state index contributed by atoms with van der Waals surface area (Å²) in [6, 6.07) is 13.7. The van der Waals surface area contributed by atoms with Gasteiger partial charge in [-0.15, -0.1) is 0 Å². The fourth-order valence-electron chi connectivity index (χ4n) is 3.87. The number of hydrogen-bond donors (Lipinski definition) is 1. The van der Waals surface area contributed by atoms with E-state index in [1.165, 1.54) is 23.1 Å². The van der Waals surface area contributed by atoms with Gasteiger partial charge in [0.05, 0.1) is 17.8 Å². The van der Waals surface area contributed by atoms with Crippen molar-refractivity contribution in [3.8, 4) is 0 Å². The molecule has 0 saturated carbocycles. The number of likely N-dealkylation sites (N-methyl/N-ethyl adjacent to an activating group) is 1. The van der Waals surface area contributed by atoms with E-state index in [-0.39, 0.29) is 24.7 Å². The van der Waals surface area contributed by atoms with Gasteiger partial charge in [-0.2, -0.15) is 13.2 Å². The van der Waals surface area contributed by atoms with Crippen LogP contribution in [0.25, 0.3) is 0 Å². The van der Waals surface area contributed by atoms with Gasteiger partial charge in [-0.25, -0.2) is 0 Å². The number of amides is 2. The lowest BCUT2D eigenvalue weighted by Gasteiger charge is -2.32. The molecule has 5 nitrogen and oxygen atoms in total. The third-order valence-electron chi connectivity index (χ3n) is 5.39. The summed E-state index contributed by atoms with van der Waals surface area (Å²) in [5.74, 6) is -0.894. The molecule has 0 aliphatic carbocycles. The molecular weight excluding hydrogens is 407 g/mol. The number of rotatable bonds is 7. The number of para-hydroxylation sites is 1. The molecule has 3 rings (SSSR count). The molecule has 8 heteroatoms. The lowest BCUT2D eigenvalue weighted by molar-refractivity contribution is -0.140. The van der Waals surface area contributed by atoms with E-state index >= 15 is 0 Å². The molecular formula is C23H26F3N3O2. The fourth-order valence-corrected chi connectivity index (χ4v) is 3.87. The van der Waals surface area contributed by atoms with Crippen molar-refractivity contribution in [1.82, 2.24) is 9.80 Å². The molecule has 1 atom stereocenters. The Hall–Kier alpha value is -2.87. The molecule has 0 spiro atoms. The minimum Gasteiger partial charge on any atom is -0.332 e. The van der Waals surface area contributed by atoms with E-state index in [0.29, 0.717) is 0 Å². The third kappa shape index (κ3) is 5.64. The van der Waals surface area contributed by atoms with Gasteiger partial charge in [0.15, 0.2) is 0 Å². The van der Waals surface area contributed by atoms with Crippen molar-refractivity contribution in [3.05, 3.63) is 65.7 Å². The molecule has 0 bridgehead atoms. The monoisotopic (exact) mass is 433 g/mol. The second-order valence-electron chi connectivity index (χ2n) is 7.50. The van der Waals surface area contributed by atoms with Crippen LogP contribution in [0, 0.1) is 0 Å². The quantitative estimate of drug-likeness (QED) is 0.707. The molecule has 0 aromatic heterocycles. The van der Waals surface area contributed by atoms with Crippen LogP contribution in [-0.4, -0.2) is 47.8 Å². The summed E-state index contributed by atoms with van der Waals surface area (Å²) in [4.78, 5) is 29.4. The first-order chi connectivity index (χ1) is 14.8. The van der Waals surface area contributed by atoms with Gasteiger partial charge in [0.1, 0.15) is 6.04 Å². The molecule has 1 aliphatic rings. The largest absolute Gasteiger partial charge is 0.418 e. The second-order valence-corrected chi connectivity index (χ2v) is 7.50. The molecule has 1 fully saturated rings. The predicted octanol–water partition coefficient (Wildman–Crippen LogP) is 4.33. The average Bonchev–Trinajstić information content (AvgIpc) is 3.27. The van der Waals surface area contributed by atoms with Crippen LogP contribution >= 0.6 is 0 Å². The Labute approximate surface area is 179 Å². The van der Waals surface area contributed by atoms with Gasteiger partial charge in [0.2, 0.25) is 11.8 Å². The van der Waals surface area contributed by atoms with E-state index in [0.717, 1.165) is 37.6 Å². The molecule has 0 radical (unpaired) electrons. The van der Waals surface area contributed by atoms with Crippen molar-refractivity contribution in [2.45, 2.75) is 32.0 Å². The Kier molecular flexibility index (Phi) is 7.33. The number of carbonyl (C=O) groups is 2. The van der Waals surface area contributed by atoms with E-state index in [1.54, 1.807) is 6.92 Å². The van der Waals surface area contributed by atoms with Gasteiger partial charge < -0.3 is 10.2 Å². The van der Waals surface area contributed by atoms with Crippen LogP contribution in [0.1, 0.15) is 36.9 Å². The molecule has 1 heterocycles. The van der Waals surface area contributed by atoms with E-state index in [2.05, 4.69) is 10.2 Å². The van der Waals surface area contributed by atoms with Crippen molar-refractivity contribution in [1.29, 1.82) is 0 Å². The van der Waals surface area contributed by atoms with Gasteiger partial charge in [-0.3, -0.25) is 14.5 Å². The Morgan fingerprint density at radius 1 is 1.03 bits per heavy atom. The lowest BCUT2D eigenvalue weighted by atomic mass is 10.0. The van der Waals surface area contributed by atoms with Crippen molar-refractivity contribution in [3.63, 3.8) is 0 Å². The first kappa shape index (κ1) is 22.8. The Morgan fingerprint density at radius 2 is 1.65 bits per heavy atom. The third-order valence-corrected chi connectivity index (χ3v) is 5.39. The highest BCUT2D eigenvalue weighted by molar-refractivity contribution is 5.96. The van der Waals surface area contributed by atoms with Crippen LogP contribution in [0.15, 0.2) is 54.6 Å².